The minimum absolute atomic E-state index is 0.340. The molecule has 1 aromatic heterocycles. The molecule has 2 aromatic rings. The molecule has 0 bridgehead atoms. The zero-order chi connectivity index (χ0) is 16.9. The standard InChI is InChI=1S/C18H17N3O2S/c1-2-23-18(22)13-5-7-15(8-6-13)20-10-14(9-19)17-21-16(11-24-17)12-3-4-12/h5-8,10-12,20H,2-4H2,1H3/b14-10+. The normalized spacial score (nSPS) is 14.1. The SMILES string of the molecule is CCOC(=O)c1ccc(N/C=C(\C#N)c2nc(C3CC3)cs2)cc1. The van der Waals surface area contributed by atoms with Gasteiger partial charge in [0.25, 0.3) is 0 Å². The lowest BCUT2D eigenvalue weighted by molar-refractivity contribution is 0.0526. The van der Waals surface area contributed by atoms with Gasteiger partial charge in [-0.3, -0.25) is 0 Å². The summed E-state index contributed by atoms with van der Waals surface area (Å²) in [6, 6.07) is 9.10. The topological polar surface area (TPSA) is 75.0 Å². The molecule has 1 aliphatic carbocycles. The Morgan fingerprint density at radius 2 is 2.21 bits per heavy atom. The predicted octanol–water partition coefficient (Wildman–Crippen LogP) is 4.17. The second kappa shape index (κ2) is 7.28. The maximum atomic E-state index is 11.6. The Labute approximate surface area is 144 Å². The Kier molecular flexibility index (Phi) is 4.92. The number of rotatable bonds is 6. The highest BCUT2D eigenvalue weighted by atomic mass is 32.1. The van der Waals surface area contributed by atoms with Crippen molar-refractivity contribution in [1.82, 2.24) is 4.98 Å². The second-order valence-corrected chi connectivity index (χ2v) is 6.32. The summed E-state index contributed by atoms with van der Waals surface area (Å²) in [4.78, 5) is 16.2. The molecule has 24 heavy (non-hydrogen) atoms. The average molecular weight is 339 g/mol. The molecule has 6 heteroatoms. The third kappa shape index (κ3) is 3.81. The molecular formula is C18H17N3O2S. The van der Waals surface area contributed by atoms with Gasteiger partial charge in [-0.2, -0.15) is 5.26 Å². The average Bonchev–Trinajstić information content (AvgIpc) is 3.34. The maximum absolute atomic E-state index is 11.6. The smallest absolute Gasteiger partial charge is 0.338 e. The lowest BCUT2D eigenvalue weighted by Gasteiger charge is -2.04. The van der Waals surface area contributed by atoms with E-state index in [1.165, 1.54) is 24.2 Å². The van der Waals surface area contributed by atoms with Crippen LogP contribution in [0.3, 0.4) is 0 Å². The number of hydrogen-bond donors (Lipinski definition) is 1. The van der Waals surface area contributed by atoms with Crippen molar-refractivity contribution in [2.24, 2.45) is 0 Å². The van der Waals surface area contributed by atoms with Crippen LogP contribution >= 0.6 is 11.3 Å². The van der Waals surface area contributed by atoms with Crippen LogP contribution in [0.25, 0.3) is 5.57 Å². The summed E-state index contributed by atoms with van der Waals surface area (Å²) in [5.74, 6) is 0.242. The van der Waals surface area contributed by atoms with Gasteiger partial charge in [-0.15, -0.1) is 11.3 Å². The molecule has 122 valence electrons. The fourth-order valence-corrected chi connectivity index (χ4v) is 3.06. The van der Waals surface area contributed by atoms with Gasteiger partial charge in [0.2, 0.25) is 0 Å². The number of aromatic nitrogens is 1. The van der Waals surface area contributed by atoms with Crippen molar-refractivity contribution in [3.05, 3.63) is 52.1 Å². The van der Waals surface area contributed by atoms with Crippen LogP contribution in [0.2, 0.25) is 0 Å². The number of carbonyl (C=O) groups excluding carboxylic acids is 1. The highest BCUT2D eigenvalue weighted by Gasteiger charge is 2.26. The monoisotopic (exact) mass is 339 g/mol. The predicted molar refractivity (Wildman–Crippen MR) is 93.7 cm³/mol. The number of allylic oxidation sites excluding steroid dienone is 1. The molecule has 5 nitrogen and oxygen atoms in total. The van der Waals surface area contributed by atoms with E-state index in [0.29, 0.717) is 23.7 Å². The molecule has 3 rings (SSSR count). The molecule has 0 unspecified atom stereocenters. The molecule has 1 N–H and O–H groups in total. The van der Waals surface area contributed by atoms with Crippen molar-refractivity contribution in [3.8, 4) is 6.07 Å². The fraction of sp³-hybridized carbons (Fsp3) is 0.278. The van der Waals surface area contributed by atoms with Gasteiger partial charge in [-0.1, -0.05) is 0 Å². The van der Waals surface area contributed by atoms with E-state index >= 15 is 0 Å². The lowest BCUT2D eigenvalue weighted by Crippen LogP contribution is -2.04. The van der Waals surface area contributed by atoms with Gasteiger partial charge in [0.05, 0.1) is 17.9 Å². The quantitative estimate of drug-likeness (QED) is 0.631. The van der Waals surface area contributed by atoms with Crippen LogP contribution in [0.5, 0.6) is 0 Å². The number of hydrogen-bond acceptors (Lipinski definition) is 6. The molecule has 0 aliphatic heterocycles. The molecule has 0 radical (unpaired) electrons. The van der Waals surface area contributed by atoms with Crippen LogP contribution in [0.1, 0.15) is 46.7 Å². The number of thiazole rings is 1. The van der Waals surface area contributed by atoms with Gasteiger partial charge >= 0.3 is 5.97 Å². The first-order valence-corrected chi connectivity index (χ1v) is 8.69. The Bertz CT molecular complexity index is 798. The van der Waals surface area contributed by atoms with E-state index in [9.17, 15) is 10.1 Å². The summed E-state index contributed by atoms with van der Waals surface area (Å²) in [6.07, 6.45) is 4.04. The molecule has 0 saturated heterocycles. The number of anilines is 1. The molecule has 1 aliphatic rings. The summed E-state index contributed by atoms with van der Waals surface area (Å²) >= 11 is 1.49. The highest BCUT2D eigenvalue weighted by Crippen LogP contribution is 2.40. The van der Waals surface area contributed by atoms with Crippen molar-refractivity contribution >= 4 is 28.6 Å². The molecule has 1 fully saturated rings. The summed E-state index contributed by atoms with van der Waals surface area (Å²) < 4.78 is 4.95. The molecule has 1 heterocycles. The molecule has 1 saturated carbocycles. The summed E-state index contributed by atoms with van der Waals surface area (Å²) in [6.45, 7) is 2.12. The maximum Gasteiger partial charge on any atom is 0.338 e. The van der Waals surface area contributed by atoms with Crippen molar-refractivity contribution < 1.29 is 9.53 Å². The van der Waals surface area contributed by atoms with E-state index in [1.54, 1.807) is 37.4 Å². The number of benzene rings is 1. The third-order valence-electron chi connectivity index (χ3n) is 3.65. The molecular weight excluding hydrogens is 322 g/mol. The van der Waals surface area contributed by atoms with Crippen LogP contribution in [-0.2, 0) is 4.74 Å². The Morgan fingerprint density at radius 1 is 1.46 bits per heavy atom. The third-order valence-corrected chi connectivity index (χ3v) is 4.54. The van der Waals surface area contributed by atoms with E-state index in [0.717, 1.165) is 16.4 Å². The van der Waals surface area contributed by atoms with Gasteiger partial charge in [0, 0.05) is 23.2 Å². The zero-order valence-corrected chi connectivity index (χ0v) is 14.1. The van der Waals surface area contributed by atoms with Gasteiger partial charge in [0.15, 0.2) is 0 Å². The number of nitriles is 1. The van der Waals surface area contributed by atoms with Crippen molar-refractivity contribution in [2.75, 3.05) is 11.9 Å². The Balaban J connectivity index is 1.68. The van der Waals surface area contributed by atoms with Gasteiger partial charge in [0.1, 0.15) is 16.6 Å². The first-order chi connectivity index (χ1) is 11.7. The van der Waals surface area contributed by atoms with Crippen molar-refractivity contribution in [1.29, 1.82) is 5.26 Å². The number of esters is 1. The summed E-state index contributed by atoms with van der Waals surface area (Å²) in [5.41, 5.74) is 2.88. The Morgan fingerprint density at radius 3 is 2.83 bits per heavy atom. The van der Waals surface area contributed by atoms with E-state index in [-0.39, 0.29) is 5.97 Å². The zero-order valence-electron chi connectivity index (χ0n) is 13.3. The van der Waals surface area contributed by atoms with Gasteiger partial charge < -0.3 is 10.1 Å². The number of ether oxygens (including phenoxy) is 1. The van der Waals surface area contributed by atoms with Gasteiger partial charge in [-0.25, -0.2) is 9.78 Å². The highest BCUT2D eigenvalue weighted by molar-refractivity contribution is 7.10. The van der Waals surface area contributed by atoms with E-state index in [4.69, 9.17) is 4.74 Å². The van der Waals surface area contributed by atoms with Crippen LogP contribution in [0, 0.1) is 11.3 Å². The largest absolute Gasteiger partial charge is 0.462 e. The fourth-order valence-electron chi connectivity index (χ4n) is 2.19. The second-order valence-electron chi connectivity index (χ2n) is 5.46. The number of nitrogens with one attached hydrogen (secondary N) is 1. The first kappa shape index (κ1) is 16.2. The summed E-state index contributed by atoms with van der Waals surface area (Å²) in [7, 11) is 0. The minimum Gasteiger partial charge on any atom is -0.462 e. The molecule has 0 atom stereocenters. The number of nitrogens with zero attached hydrogens (tertiary/aromatic N) is 2. The van der Waals surface area contributed by atoms with Crippen LogP contribution in [0.15, 0.2) is 35.8 Å². The Hall–Kier alpha value is -2.65. The lowest BCUT2D eigenvalue weighted by atomic mass is 10.2. The van der Waals surface area contributed by atoms with Crippen molar-refractivity contribution in [3.63, 3.8) is 0 Å². The minimum atomic E-state index is -0.340. The van der Waals surface area contributed by atoms with Gasteiger partial charge in [-0.05, 0) is 44.0 Å². The molecule has 0 amide bonds. The van der Waals surface area contributed by atoms with E-state index in [2.05, 4.69) is 16.4 Å². The van der Waals surface area contributed by atoms with Crippen LogP contribution in [0.4, 0.5) is 5.69 Å². The summed E-state index contributed by atoms with van der Waals surface area (Å²) in [5, 5.41) is 15.2. The van der Waals surface area contributed by atoms with Crippen molar-refractivity contribution in [2.45, 2.75) is 25.7 Å². The van der Waals surface area contributed by atoms with Crippen LogP contribution in [-0.4, -0.2) is 17.6 Å². The van der Waals surface area contributed by atoms with E-state index < -0.39 is 0 Å². The molecule has 0 spiro atoms. The number of carbonyl (C=O) groups is 1. The van der Waals surface area contributed by atoms with E-state index in [1.807, 2.05) is 5.38 Å². The molecule has 1 aromatic carbocycles. The van der Waals surface area contributed by atoms with Crippen LogP contribution < -0.4 is 5.32 Å². The first-order valence-electron chi connectivity index (χ1n) is 7.81.